The number of fused-ring (bicyclic) bond motifs is 1. The zero-order chi connectivity index (χ0) is 30.0. The molecule has 2 amide bonds. The Kier molecular flexibility index (Phi) is 8.74. The van der Waals surface area contributed by atoms with E-state index in [2.05, 4.69) is 27.5 Å². The van der Waals surface area contributed by atoms with Crippen LogP contribution in [0.25, 0.3) is 11.1 Å². The lowest BCUT2D eigenvalue weighted by Gasteiger charge is -2.20. The molecule has 1 aromatic carbocycles. The number of pyridine rings is 2. The third-order valence-corrected chi connectivity index (χ3v) is 7.83. The highest BCUT2D eigenvalue weighted by Gasteiger charge is 2.35. The molecule has 3 N–H and O–H groups in total. The summed E-state index contributed by atoms with van der Waals surface area (Å²) >= 11 is 6.45. The topological polar surface area (TPSA) is 99.3 Å². The Morgan fingerprint density at radius 2 is 2.02 bits per heavy atom. The van der Waals surface area contributed by atoms with Gasteiger partial charge in [-0.1, -0.05) is 18.5 Å². The molecule has 3 aromatic rings. The largest absolute Gasteiger partial charge is 0.473 e. The summed E-state index contributed by atoms with van der Waals surface area (Å²) in [7, 11) is 0. The molecule has 1 aliphatic carbocycles. The average molecular weight is 608 g/mol. The molecule has 3 atom stereocenters. The molecule has 2 aromatic heterocycles. The molecule has 8 nitrogen and oxygen atoms in total. The summed E-state index contributed by atoms with van der Waals surface area (Å²) in [6.45, 7) is 1.54. The molecule has 5 rings (SSSR count). The monoisotopic (exact) mass is 607 g/mol. The van der Waals surface area contributed by atoms with Gasteiger partial charge in [0.05, 0.1) is 23.3 Å². The summed E-state index contributed by atoms with van der Waals surface area (Å²) in [6, 6.07) is 6.26. The van der Waals surface area contributed by atoms with Gasteiger partial charge in [0.25, 0.3) is 0 Å². The van der Waals surface area contributed by atoms with Crippen molar-refractivity contribution in [3.8, 4) is 17.0 Å². The second-order valence-corrected chi connectivity index (χ2v) is 11.3. The first-order valence-electron chi connectivity index (χ1n) is 13.6. The predicted molar refractivity (Wildman–Crippen MR) is 150 cm³/mol. The number of hydrogen-bond donors (Lipinski definition) is 3. The number of nitrogens with one attached hydrogen (secondary N) is 3. The normalized spacial score (nSPS) is 21.0. The molecule has 224 valence electrons. The standard InChI is InChI=1S/C29H30ClF4N5O3/c1-16-2-4-24(21-13-35-26(40)9-18(21)8-16)37-28(41)38-25-11-22(30)20(10-23(25)31)17-3-5-27(36-12-17)42-19-6-7-39(14-19)15-29(32,33)34/h3,5,9-13,16,19,24H,2,4,6-8,14-15H2,1H3,(H,35,40)(H2,37,38,41)/t16-,19+,24+/m0/s1. The molecule has 13 heteroatoms. The van der Waals surface area contributed by atoms with E-state index in [4.69, 9.17) is 16.3 Å². The smallest absolute Gasteiger partial charge is 0.401 e. The van der Waals surface area contributed by atoms with Gasteiger partial charge in [-0.3, -0.25) is 9.69 Å². The van der Waals surface area contributed by atoms with Crippen molar-refractivity contribution in [3.05, 3.63) is 75.0 Å². The van der Waals surface area contributed by atoms with Gasteiger partial charge in [-0.15, -0.1) is 0 Å². The number of ether oxygens (including phenoxy) is 1. The lowest BCUT2D eigenvalue weighted by molar-refractivity contribution is -0.144. The molecule has 0 spiro atoms. The number of anilines is 1. The van der Waals surface area contributed by atoms with Crippen LogP contribution >= 0.6 is 11.6 Å². The number of benzene rings is 1. The molecule has 1 aliphatic heterocycles. The molecule has 0 unspecified atom stereocenters. The summed E-state index contributed by atoms with van der Waals surface area (Å²) < 4.78 is 58.7. The number of urea groups is 1. The number of carbonyl (C=O) groups excluding carboxylic acids is 1. The number of aromatic amines is 1. The first kappa shape index (κ1) is 29.8. The molecule has 2 aliphatic rings. The van der Waals surface area contributed by atoms with Crippen LogP contribution in [-0.4, -0.2) is 52.8 Å². The zero-order valence-electron chi connectivity index (χ0n) is 22.7. The minimum Gasteiger partial charge on any atom is -0.473 e. The lowest BCUT2D eigenvalue weighted by Crippen LogP contribution is -2.33. The number of amides is 2. The Bertz CT molecular complexity index is 1500. The van der Waals surface area contributed by atoms with Crippen LogP contribution in [0.1, 0.15) is 43.4 Å². The van der Waals surface area contributed by atoms with Gasteiger partial charge in [0.2, 0.25) is 11.4 Å². The summed E-state index contributed by atoms with van der Waals surface area (Å²) in [4.78, 5) is 32.8. The number of likely N-dealkylation sites (tertiary alicyclic amines) is 1. The van der Waals surface area contributed by atoms with Crippen molar-refractivity contribution in [3.63, 3.8) is 0 Å². The van der Waals surface area contributed by atoms with Gasteiger partial charge in [0.1, 0.15) is 11.9 Å². The maximum atomic E-state index is 15.1. The quantitative estimate of drug-likeness (QED) is 0.233. The van der Waals surface area contributed by atoms with Crippen LogP contribution in [0, 0.1) is 11.7 Å². The number of carbonyl (C=O) groups is 1. The van der Waals surface area contributed by atoms with Gasteiger partial charge in [-0.05, 0) is 60.9 Å². The van der Waals surface area contributed by atoms with Crippen molar-refractivity contribution in [1.29, 1.82) is 0 Å². The minimum atomic E-state index is -4.26. The highest BCUT2D eigenvalue weighted by Crippen LogP contribution is 2.34. The second kappa shape index (κ2) is 12.3. The van der Waals surface area contributed by atoms with Crippen molar-refractivity contribution in [2.45, 2.75) is 50.9 Å². The molecule has 1 saturated heterocycles. The van der Waals surface area contributed by atoms with E-state index in [0.717, 1.165) is 24.0 Å². The van der Waals surface area contributed by atoms with Crippen LogP contribution in [-0.2, 0) is 6.42 Å². The molecule has 0 bridgehead atoms. The van der Waals surface area contributed by atoms with Crippen molar-refractivity contribution in [2.75, 3.05) is 25.0 Å². The van der Waals surface area contributed by atoms with E-state index in [9.17, 15) is 22.8 Å². The highest BCUT2D eigenvalue weighted by molar-refractivity contribution is 6.33. The van der Waals surface area contributed by atoms with Gasteiger partial charge in [0, 0.05) is 48.7 Å². The Hall–Kier alpha value is -3.64. The van der Waals surface area contributed by atoms with E-state index in [1.165, 1.54) is 23.2 Å². The number of nitrogens with zero attached hydrogens (tertiary/aromatic N) is 2. The molecule has 42 heavy (non-hydrogen) atoms. The van der Waals surface area contributed by atoms with Crippen LogP contribution in [0.3, 0.4) is 0 Å². The van der Waals surface area contributed by atoms with Crippen molar-refractivity contribution in [2.24, 2.45) is 5.92 Å². The maximum absolute atomic E-state index is 15.1. The van der Waals surface area contributed by atoms with E-state index >= 15 is 4.39 Å². The summed E-state index contributed by atoms with van der Waals surface area (Å²) in [6.07, 6.45) is 1.06. The number of hydrogen-bond acceptors (Lipinski definition) is 5. The molecule has 1 fully saturated rings. The second-order valence-electron chi connectivity index (χ2n) is 10.9. The summed E-state index contributed by atoms with van der Waals surface area (Å²) in [5.41, 5.74) is 2.23. The van der Waals surface area contributed by atoms with E-state index in [1.807, 2.05) is 0 Å². The summed E-state index contributed by atoms with van der Waals surface area (Å²) in [5.74, 6) is -0.127. The molecule has 0 saturated carbocycles. The fraction of sp³-hybridized carbons (Fsp3) is 0.414. The molecule has 0 radical (unpaired) electrons. The number of halogens is 5. The minimum absolute atomic E-state index is 0.109. The van der Waals surface area contributed by atoms with Gasteiger partial charge < -0.3 is 20.4 Å². The van der Waals surface area contributed by atoms with Crippen LogP contribution in [0.4, 0.5) is 28.0 Å². The van der Waals surface area contributed by atoms with Gasteiger partial charge in [-0.2, -0.15) is 13.2 Å². The van der Waals surface area contributed by atoms with Crippen LogP contribution in [0.15, 0.2) is 47.5 Å². The average Bonchev–Trinajstić information content (AvgIpc) is 3.27. The van der Waals surface area contributed by atoms with Crippen LogP contribution in [0.2, 0.25) is 5.02 Å². The van der Waals surface area contributed by atoms with E-state index in [1.54, 1.807) is 24.4 Å². The molecule has 3 heterocycles. The zero-order valence-corrected chi connectivity index (χ0v) is 23.5. The SMILES string of the molecule is C[C@H]1CC[C@@H](NC(=O)Nc2cc(Cl)c(-c3ccc(O[C@@H]4CCN(CC(F)(F)F)C4)nc3)cc2F)c2c[nH]c(=O)cc2C1. The van der Waals surface area contributed by atoms with E-state index < -0.39 is 30.7 Å². The number of aromatic nitrogens is 2. The number of rotatable bonds is 6. The van der Waals surface area contributed by atoms with Crippen molar-refractivity contribution in [1.82, 2.24) is 20.2 Å². The van der Waals surface area contributed by atoms with Crippen LogP contribution < -0.4 is 20.9 Å². The third-order valence-electron chi connectivity index (χ3n) is 7.52. The number of alkyl halides is 3. The number of H-pyrrole nitrogens is 1. The van der Waals surface area contributed by atoms with E-state index in [0.29, 0.717) is 29.9 Å². The van der Waals surface area contributed by atoms with Crippen molar-refractivity contribution >= 4 is 23.3 Å². The maximum Gasteiger partial charge on any atom is 0.401 e. The van der Waals surface area contributed by atoms with Gasteiger partial charge >= 0.3 is 12.2 Å². The Labute approximate surface area is 244 Å². The van der Waals surface area contributed by atoms with Crippen molar-refractivity contribution < 1.29 is 27.1 Å². The summed E-state index contributed by atoms with van der Waals surface area (Å²) in [5, 5.41) is 5.58. The fourth-order valence-corrected chi connectivity index (χ4v) is 5.78. The first-order valence-corrected chi connectivity index (χ1v) is 14.0. The highest BCUT2D eigenvalue weighted by atomic mass is 35.5. The molecular formula is C29H30ClF4N5O3. The lowest BCUT2D eigenvalue weighted by atomic mass is 10.00. The Balaban J connectivity index is 1.22. The van der Waals surface area contributed by atoms with E-state index in [-0.39, 0.29) is 41.3 Å². The Morgan fingerprint density at radius 3 is 2.76 bits per heavy atom. The van der Waals surface area contributed by atoms with Crippen LogP contribution in [0.5, 0.6) is 5.88 Å². The first-order chi connectivity index (χ1) is 19.9. The van der Waals surface area contributed by atoms with Gasteiger partial charge in [-0.25, -0.2) is 14.2 Å². The fourth-order valence-electron chi connectivity index (χ4n) is 5.51. The third kappa shape index (κ3) is 7.40. The van der Waals surface area contributed by atoms with Gasteiger partial charge in [0.15, 0.2) is 0 Å². The predicted octanol–water partition coefficient (Wildman–Crippen LogP) is 6.08. The molecular weight excluding hydrogens is 578 g/mol. The Morgan fingerprint density at radius 1 is 1.21 bits per heavy atom.